The number of aliphatic imine (C=N–C) groups is 1. The molecule has 1 fully saturated rings. The molecule has 0 saturated carbocycles. The van der Waals surface area contributed by atoms with Crippen LogP contribution >= 0.6 is 12.2 Å². The van der Waals surface area contributed by atoms with E-state index in [1.54, 1.807) is 12.4 Å². The molecule has 24 heavy (non-hydrogen) atoms. The number of aromatic nitrogens is 2. The van der Waals surface area contributed by atoms with Crippen LogP contribution in [0.5, 0.6) is 0 Å². The summed E-state index contributed by atoms with van der Waals surface area (Å²) in [5.41, 5.74) is 1.85. The van der Waals surface area contributed by atoms with E-state index < -0.39 is 0 Å². The Hall–Kier alpha value is -2.14. The molecule has 1 saturated heterocycles. The maximum atomic E-state index is 5.52. The van der Waals surface area contributed by atoms with Crippen molar-refractivity contribution in [3.8, 4) is 0 Å². The zero-order valence-electron chi connectivity index (χ0n) is 13.9. The lowest BCUT2D eigenvalue weighted by Crippen LogP contribution is -2.36. The molecule has 1 aliphatic rings. The SMILES string of the molecule is CC1CCN(C(=S)N=CC(c2ccccn2)c2ccccn2)CC1. The Balaban J connectivity index is 1.78. The predicted molar refractivity (Wildman–Crippen MR) is 101 cm³/mol. The van der Waals surface area contributed by atoms with Crippen LogP contribution < -0.4 is 0 Å². The van der Waals surface area contributed by atoms with Crippen LogP contribution in [0, 0.1) is 5.92 Å². The maximum absolute atomic E-state index is 5.52. The van der Waals surface area contributed by atoms with Crippen molar-refractivity contribution < 1.29 is 0 Å². The molecule has 3 rings (SSSR count). The summed E-state index contributed by atoms with van der Waals surface area (Å²) in [6.07, 6.45) is 7.83. The molecule has 4 nitrogen and oxygen atoms in total. The largest absolute Gasteiger partial charge is 0.347 e. The van der Waals surface area contributed by atoms with Crippen molar-refractivity contribution in [1.82, 2.24) is 14.9 Å². The van der Waals surface area contributed by atoms with Crippen molar-refractivity contribution >= 4 is 23.5 Å². The highest BCUT2D eigenvalue weighted by molar-refractivity contribution is 7.80. The van der Waals surface area contributed by atoms with Crippen LogP contribution in [0.4, 0.5) is 0 Å². The van der Waals surface area contributed by atoms with Crippen LogP contribution in [0.2, 0.25) is 0 Å². The van der Waals surface area contributed by atoms with Gasteiger partial charge in [-0.1, -0.05) is 19.1 Å². The van der Waals surface area contributed by atoms with E-state index in [1.807, 2.05) is 42.6 Å². The molecule has 1 aliphatic heterocycles. The summed E-state index contributed by atoms with van der Waals surface area (Å²) >= 11 is 5.52. The van der Waals surface area contributed by atoms with Gasteiger partial charge in [0.15, 0.2) is 5.11 Å². The van der Waals surface area contributed by atoms with Crippen molar-refractivity contribution in [3.63, 3.8) is 0 Å². The second kappa shape index (κ2) is 8.11. The van der Waals surface area contributed by atoms with Gasteiger partial charge in [-0.05, 0) is 55.2 Å². The topological polar surface area (TPSA) is 41.4 Å². The van der Waals surface area contributed by atoms with Gasteiger partial charge in [-0.15, -0.1) is 0 Å². The number of nitrogens with zero attached hydrogens (tertiary/aromatic N) is 4. The number of piperidine rings is 1. The zero-order valence-corrected chi connectivity index (χ0v) is 14.7. The molecule has 0 bridgehead atoms. The van der Waals surface area contributed by atoms with E-state index in [0.717, 1.165) is 30.4 Å². The Morgan fingerprint density at radius 3 is 2.21 bits per heavy atom. The summed E-state index contributed by atoms with van der Waals surface area (Å²) in [6, 6.07) is 11.8. The van der Waals surface area contributed by atoms with E-state index in [2.05, 4.69) is 26.8 Å². The fraction of sp³-hybridized carbons (Fsp3) is 0.368. The number of likely N-dealkylation sites (tertiary alicyclic amines) is 1. The molecule has 2 aromatic heterocycles. The molecular weight excluding hydrogens is 316 g/mol. The summed E-state index contributed by atoms with van der Waals surface area (Å²) in [5, 5.41) is 0.666. The van der Waals surface area contributed by atoms with Gasteiger partial charge in [0.25, 0.3) is 0 Å². The van der Waals surface area contributed by atoms with Gasteiger partial charge in [0, 0.05) is 31.7 Å². The zero-order chi connectivity index (χ0) is 16.8. The highest BCUT2D eigenvalue weighted by Gasteiger charge is 2.18. The fourth-order valence-corrected chi connectivity index (χ4v) is 3.09. The van der Waals surface area contributed by atoms with Gasteiger partial charge in [-0.2, -0.15) is 0 Å². The first kappa shape index (κ1) is 16.7. The second-order valence-corrected chi connectivity index (χ2v) is 6.58. The molecule has 0 amide bonds. The van der Waals surface area contributed by atoms with Crippen molar-refractivity contribution in [2.75, 3.05) is 13.1 Å². The van der Waals surface area contributed by atoms with E-state index >= 15 is 0 Å². The average molecular weight is 338 g/mol. The van der Waals surface area contributed by atoms with E-state index in [1.165, 1.54) is 12.8 Å². The van der Waals surface area contributed by atoms with E-state index in [-0.39, 0.29) is 5.92 Å². The van der Waals surface area contributed by atoms with Crippen LogP contribution in [0.1, 0.15) is 37.1 Å². The number of pyridine rings is 2. The van der Waals surface area contributed by atoms with Crippen LogP contribution in [-0.4, -0.2) is 39.3 Å². The molecule has 0 radical (unpaired) electrons. The Labute approximate surface area is 148 Å². The molecule has 0 aromatic carbocycles. The monoisotopic (exact) mass is 338 g/mol. The van der Waals surface area contributed by atoms with Gasteiger partial charge in [0.2, 0.25) is 0 Å². The molecule has 124 valence electrons. The third kappa shape index (κ3) is 4.23. The maximum Gasteiger partial charge on any atom is 0.195 e. The third-order valence-electron chi connectivity index (χ3n) is 4.40. The minimum absolute atomic E-state index is 0.0888. The Morgan fingerprint density at radius 2 is 1.71 bits per heavy atom. The number of thiocarbonyl (C=S) groups is 1. The highest BCUT2D eigenvalue weighted by atomic mass is 32.1. The second-order valence-electron chi connectivity index (χ2n) is 6.22. The molecule has 5 heteroatoms. The van der Waals surface area contributed by atoms with Gasteiger partial charge in [0.1, 0.15) is 0 Å². The summed E-state index contributed by atoms with van der Waals surface area (Å²) in [7, 11) is 0. The fourth-order valence-electron chi connectivity index (χ4n) is 2.84. The molecular formula is C19H22N4S. The Morgan fingerprint density at radius 1 is 1.12 bits per heavy atom. The van der Waals surface area contributed by atoms with E-state index in [4.69, 9.17) is 12.2 Å². The molecule has 3 heterocycles. The minimum atomic E-state index is -0.0888. The van der Waals surface area contributed by atoms with Crippen molar-refractivity contribution in [3.05, 3.63) is 60.2 Å². The lowest BCUT2D eigenvalue weighted by atomic mass is 10.00. The number of hydrogen-bond acceptors (Lipinski definition) is 3. The molecule has 0 spiro atoms. The summed E-state index contributed by atoms with van der Waals surface area (Å²) in [5.74, 6) is 0.692. The van der Waals surface area contributed by atoms with Crippen molar-refractivity contribution in [2.24, 2.45) is 10.9 Å². The van der Waals surface area contributed by atoms with Gasteiger partial charge in [-0.25, -0.2) is 4.99 Å². The average Bonchev–Trinajstić information content (AvgIpc) is 2.64. The van der Waals surface area contributed by atoms with Crippen LogP contribution in [0.25, 0.3) is 0 Å². The first-order chi connectivity index (χ1) is 11.7. The normalized spacial score (nSPS) is 16.0. The van der Waals surface area contributed by atoms with Crippen LogP contribution in [0.3, 0.4) is 0 Å². The highest BCUT2D eigenvalue weighted by Crippen LogP contribution is 2.20. The predicted octanol–water partition coefficient (Wildman–Crippen LogP) is 3.70. The molecule has 2 aromatic rings. The quantitative estimate of drug-likeness (QED) is 0.632. The summed E-state index contributed by atoms with van der Waals surface area (Å²) < 4.78 is 0. The standard InChI is InChI=1S/C19H22N4S/c1-15-8-12-23(13-9-15)19(24)22-14-16(17-6-2-4-10-20-17)18-7-3-5-11-21-18/h2-7,10-11,14-16H,8-9,12-13H2,1H3. The van der Waals surface area contributed by atoms with Crippen LogP contribution in [0.15, 0.2) is 53.8 Å². The molecule has 0 atom stereocenters. The van der Waals surface area contributed by atoms with Gasteiger partial charge >= 0.3 is 0 Å². The molecule has 0 unspecified atom stereocenters. The van der Waals surface area contributed by atoms with Crippen molar-refractivity contribution in [1.29, 1.82) is 0 Å². The van der Waals surface area contributed by atoms with Crippen molar-refractivity contribution in [2.45, 2.75) is 25.7 Å². The number of hydrogen-bond donors (Lipinski definition) is 0. The summed E-state index contributed by atoms with van der Waals surface area (Å²) in [4.78, 5) is 15.7. The summed E-state index contributed by atoms with van der Waals surface area (Å²) in [6.45, 7) is 4.28. The van der Waals surface area contributed by atoms with E-state index in [0.29, 0.717) is 5.11 Å². The molecule has 0 aliphatic carbocycles. The van der Waals surface area contributed by atoms with Crippen LogP contribution in [-0.2, 0) is 0 Å². The smallest absolute Gasteiger partial charge is 0.195 e. The van der Waals surface area contributed by atoms with E-state index in [9.17, 15) is 0 Å². The first-order valence-corrected chi connectivity index (χ1v) is 8.80. The number of rotatable bonds is 3. The minimum Gasteiger partial charge on any atom is -0.347 e. The Bertz CT molecular complexity index is 640. The Kier molecular flexibility index (Phi) is 5.64. The van der Waals surface area contributed by atoms with Gasteiger partial charge in [0.05, 0.1) is 17.3 Å². The van der Waals surface area contributed by atoms with Gasteiger partial charge in [-0.3, -0.25) is 9.97 Å². The lowest BCUT2D eigenvalue weighted by molar-refractivity contribution is 0.282. The first-order valence-electron chi connectivity index (χ1n) is 8.39. The lowest BCUT2D eigenvalue weighted by Gasteiger charge is -2.30. The van der Waals surface area contributed by atoms with Gasteiger partial charge < -0.3 is 4.90 Å². The third-order valence-corrected chi connectivity index (χ3v) is 4.76. The molecule has 0 N–H and O–H groups in total.